The lowest BCUT2D eigenvalue weighted by molar-refractivity contribution is 0.0587. The lowest BCUT2D eigenvalue weighted by Gasteiger charge is -2.37. The predicted molar refractivity (Wildman–Crippen MR) is 142 cm³/mol. The second-order valence-corrected chi connectivity index (χ2v) is 10.8. The number of carbonyl (C=O) groups excluding carboxylic acids is 1. The quantitative estimate of drug-likeness (QED) is 0.399. The zero-order chi connectivity index (χ0) is 25.1. The summed E-state index contributed by atoms with van der Waals surface area (Å²) < 4.78 is 15.8. The molecule has 2 aromatic carbocycles. The van der Waals surface area contributed by atoms with Crippen molar-refractivity contribution in [3.05, 3.63) is 95.1 Å². The van der Waals surface area contributed by atoms with Crippen LogP contribution in [-0.4, -0.2) is 46.0 Å². The highest BCUT2D eigenvalue weighted by Crippen LogP contribution is 2.37. The SMILES string of the molecule is Cc1ccccc1[C@@H]1CN(Cc2cccn2C)C[C@H]1CN(C(=O)c1ccc(F)cc1)C1CCCCC1. The van der Waals surface area contributed by atoms with Crippen molar-refractivity contribution in [2.24, 2.45) is 13.0 Å². The van der Waals surface area contributed by atoms with Crippen LogP contribution >= 0.6 is 0 Å². The van der Waals surface area contributed by atoms with Crippen molar-refractivity contribution in [3.8, 4) is 0 Å². The van der Waals surface area contributed by atoms with Gasteiger partial charge in [0.25, 0.3) is 5.91 Å². The molecule has 0 unspecified atom stereocenters. The highest BCUT2D eigenvalue weighted by molar-refractivity contribution is 5.94. The molecule has 5 rings (SSSR count). The van der Waals surface area contributed by atoms with Crippen LogP contribution in [0.3, 0.4) is 0 Å². The molecule has 5 heteroatoms. The molecule has 0 bridgehead atoms. The second-order valence-electron chi connectivity index (χ2n) is 10.8. The fourth-order valence-corrected chi connectivity index (χ4v) is 6.32. The molecule has 190 valence electrons. The number of carbonyl (C=O) groups is 1. The van der Waals surface area contributed by atoms with E-state index in [-0.39, 0.29) is 17.8 Å². The summed E-state index contributed by atoms with van der Waals surface area (Å²) in [4.78, 5) is 18.5. The van der Waals surface area contributed by atoms with Crippen molar-refractivity contribution in [1.82, 2.24) is 14.4 Å². The zero-order valence-electron chi connectivity index (χ0n) is 21.6. The molecule has 0 spiro atoms. The van der Waals surface area contributed by atoms with Crippen molar-refractivity contribution in [2.45, 2.75) is 57.5 Å². The Morgan fingerprint density at radius 2 is 1.72 bits per heavy atom. The van der Waals surface area contributed by atoms with E-state index >= 15 is 0 Å². The van der Waals surface area contributed by atoms with E-state index in [1.165, 1.54) is 48.2 Å². The summed E-state index contributed by atoms with van der Waals surface area (Å²) in [6.45, 7) is 5.81. The van der Waals surface area contributed by atoms with E-state index in [0.29, 0.717) is 17.4 Å². The number of benzene rings is 2. The summed E-state index contributed by atoms with van der Waals surface area (Å²) in [5, 5.41) is 0. The lowest BCUT2D eigenvalue weighted by atomic mass is 9.85. The molecule has 2 heterocycles. The largest absolute Gasteiger partial charge is 0.353 e. The summed E-state index contributed by atoms with van der Waals surface area (Å²) in [5.74, 6) is 0.463. The van der Waals surface area contributed by atoms with Gasteiger partial charge < -0.3 is 9.47 Å². The van der Waals surface area contributed by atoms with Gasteiger partial charge in [-0.3, -0.25) is 9.69 Å². The maximum atomic E-state index is 13.8. The Kier molecular flexibility index (Phi) is 7.56. The van der Waals surface area contributed by atoms with Crippen LogP contribution in [0, 0.1) is 18.7 Å². The first-order chi connectivity index (χ1) is 17.5. The monoisotopic (exact) mass is 487 g/mol. The van der Waals surface area contributed by atoms with Crippen LogP contribution in [-0.2, 0) is 13.6 Å². The van der Waals surface area contributed by atoms with E-state index in [1.54, 1.807) is 12.1 Å². The van der Waals surface area contributed by atoms with Crippen LogP contribution in [0.4, 0.5) is 4.39 Å². The average molecular weight is 488 g/mol. The average Bonchev–Trinajstić information content (AvgIpc) is 3.49. The van der Waals surface area contributed by atoms with Crippen LogP contribution in [0.1, 0.15) is 65.2 Å². The fourth-order valence-electron chi connectivity index (χ4n) is 6.32. The molecule has 2 atom stereocenters. The maximum absolute atomic E-state index is 13.8. The summed E-state index contributed by atoms with van der Waals surface area (Å²) in [6, 6.07) is 19.4. The van der Waals surface area contributed by atoms with Crippen molar-refractivity contribution in [3.63, 3.8) is 0 Å². The Morgan fingerprint density at radius 3 is 2.42 bits per heavy atom. The molecular weight excluding hydrogens is 449 g/mol. The first kappa shape index (κ1) is 24.8. The number of hydrogen-bond acceptors (Lipinski definition) is 2. The molecule has 0 radical (unpaired) electrons. The Bertz CT molecular complexity index is 1160. The fraction of sp³-hybridized carbons (Fsp3) is 0.452. The lowest BCUT2D eigenvalue weighted by Crippen LogP contribution is -2.45. The van der Waals surface area contributed by atoms with Gasteiger partial charge in [0.2, 0.25) is 0 Å². The Hall–Kier alpha value is -2.92. The third kappa shape index (κ3) is 5.41. The van der Waals surface area contributed by atoms with Crippen molar-refractivity contribution < 1.29 is 9.18 Å². The highest BCUT2D eigenvalue weighted by Gasteiger charge is 2.38. The minimum Gasteiger partial charge on any atom is -0.353 e. The third-order valence-corrected chi connectivity index (χ3v) is 8.34. The summed E-state index contributed by atoms with van der Waals surface area (Å²) in [5.41, 5.74) is 4.62. The van der Waals surface area contributed by atoms with Crippen LogP contribution in [0.25, 0.3) is 0 Å². The standard InChI is InChI=1S/C31H38FN3O/c1-23-9-6-7-13-29(23)30-22-34(21-28-12-8-18-33(28)2)19-25(30)20-35(27-10-4-3-5-11-27)31(36)24-14-16-26(32)17-15-24/h6-9,12-18,25,27,30H,3-5,10-11,19-22H2,1-2H3/t25-,30+/m0/s1. The van der Waals surface area contributed by atoms with E-state index in [9.17, 15) is 9.18 Å². The van der Waals surface area contributed by atoms with Crippen molar-refractivity contribution >= 4 is 5.91 Å². The molecule has 1 amide bonds. The number of halogens is 1. The van der Waals surface area contributed by atoms with E-state index in [1.807, 2.05) is 0 Å². The molecule has 3 aromatic rings. The number of likely N-dealkylation sites (tertiary alicyclic amines) is 1. The van der Waals surface area contributed by atoms with Gasteiger partial charge in [-0.15, -0.1) is 0 Å². The third-order valence-electron chi connectivity index (χ3n) is 8.34. The van der Waals surface area contributed by atoms with Crippen molar-refractivity contribution in [2.75, 3.05) is 19.6 Å². The zero-order valence-corrected chi connectivity index (χ0v) is 21.6. The van der Waals surface area contributed by atoms with Gasteiger partial charge in [-0.1, -0.05) is 43.5 Å². The topological polar surface area (TPSA) is 28.5 Å². The van der Waals surface area contributed by atoms with Gasteiger partial charge >= 0.3 is 0 Å². The molecule has 36 heavy (non-hydrogen) atoms. The first-order valence-electron chi connectivity index (χ1n) is 13.4. The Morgan fingerprint density at radius 1 is 0.972 bits per heavy atom. The van der Waals surface area contributed by atoms with Gasteiger partial charge in [-0.2, -0.15) is 0 Å². The molecule has 1 saturated heterocycles. The van der Waals surface area contributed by atoms with Crippen LogP contribution in [0.5, 0.6) is 0 Å². The van der Waals surface area contributed by atoms with Gasteiger partial charge in [0.1, 0.15) is 5.82 Å². The molecule has 1 saturated carbocycles. The molecule has 0 N–H and O–H groups in total. The van der Waals surface area contributed by atoms with E-state index in [0.717, 1.165) is 39.0 Å². The van der Waals surface area contributed by atoms with Crippen molar-refractivity contribution in [1.29, 1.82) is 0 Å². The van der Waals surface area contributed by atoms with E-state index in [4.69, 9.17) is 0 Å². The molecule has 2 aliphatic rings. The van der Waals surface area contributed by atoms with Gasteiger partial charge in [0, 0.05) is 62.6 Å². The molecular formula is C31H38FN3O. The summed E-state index contributed by atoms with van der Waals surface area (Å²) in [7, 11) is 2.11. The molecule has 4 nitrogen and oxygen atoms in total. The molecule has 1 aromatic heterocycles. The van der Waals surface area contributed by atoms with Crippen LogP contribution < -0.4 is 0 Å². The number of aryl methyl sites for hydroxylation is 2. The van der Waals surface area contributed by atoms with Gasteiger partial charge in [0.05, 0.1) is 0 Å². The number of amides is 1. The highest BCUT2D eigenvalue weighted by atomic mass is 19.1. The minimum atomic E-state index is -0.303. The van der Waals surface area contributed by atoms with Gasteiger partial charge in [0.15, 0.2) is 0 Å². The smallest absolute Gasteiger partial charge is 0.254 e. The van der Waals surface area contributed by atoms with E-state index < -0.39 is 0 Å². The molecule has 1 aliphatic carbocycles. The summed E-state index contributed by atoms with van der Waals surface area (Å²) >= 11 is 0. The normalized spacial score (nSPS) is 21.1. The van der Waals surface area contributed by atoms with E-state index in [2.05, 4.69) is 70.9 Å². The summed E-state index contributed by atoms with van der Waals surface area (Å²) in [6.07, 6.45) is 7.80. The second kappa shape index (κ2) is 11.0. The first-order valence-corrected chi connectivity index (χ1v) is 13.4. The molecule has 1 aliphatic heterocycles. The minimum absolute atomic E-state index is 0.0475. The Labute approximate surface area is 214 Å². The number of aromatic nitrogens is 1. The predicted octanol–water partition coefficient (Wildman–Crippen LogP) is 6.16. The Balaban J connectivity index is 1.43. The van der Waals surface area contributed by atoms with Crippen LogP contribution in [0.15, 0.2) is 66.9 Å². The number of nitrogens with zero attached hydrogens (tertiary/aromatic N) is 3. The molecule has 2 fully saturated rings. The van der Waals surface area contributed by atoms with Crippen LogP contribution in [0.2, 0.25) is 0 Å². The maximum Gasteiger partial charge on any atom is 0.254 e. The van der Waals surface area contributed by atoms with Gasteiger partial charge in [-0.25, -0.2) is 4.39 Å². The number of rotatable bonds is 7. The van der Waals surface area contributed by atoms with Gasteiger partial charge in [-0.05, 0) is 73.2 Å². The number of hydrogen-bond donors (Lipinski definition) is 0.